The highest BCUT2D eigenvalue weighted by Crippen LogP contribution is 2.18. The summed E-state index contributed by atoms with van der Waals surface area (Å²) in [4.78, 5) is 28.7. The number of anilines is 1. The minimum Gasteiger partial charge on any atom is -0.361 e. The Morgan fingerprint density at radius 3 is 2.50 bits per heavy atom. The predicted molar refractivity (Wildman–Crippen MR) is 119 cm³/mol. The number of hydrogen-bond donors (Lipinski definition) is 2. The number of nitrogens with one attached hydrogen (secondary N) is 2. The van der Waals surface area contributed by atoms with Gasteiger partial charge < -0.3 is 5.32 Å². The Morgan fingerprint density at radius 1 is 1.16 bits per heavy atom. The smallest absolute Gasteiger partial charge is 0.265 e. The Labute approximate surface area is 182 Å². The lowest BCUT2D eigenvalue weighted by Crippen LogP contribution is -2.34. The third kappa shape index (κ3) is 3.55. The monoisotopic (exact) mass is 447 g/mol. The molecule has 0 aliphatic heterocycles. The fourth-order valence-electron chi connectivity index (χ4n) is 3.42. The number of rotatable bonds is 4. The summed E-state index contributed by atoms with van der Waals surface area (Å²) in [6.45, 7) is 2.79. The van der Waals surface area contributed by atoms with Crippen LogP contribution in [0.4, 0.5) is 5.69 Å². The molecule has 2 heterocycles. The van der Waals surface area contributed by atoms with Crippen LogP contribution in [0.5, 0.6) is 0 Å². The second-order valence-corrected chi connectivity index (χ2v) is 8.75. The molecule has 0 radical (unpaired) electrons. The van der Waals surface area contributed by atoms with Crippen LogP contribution in [0.2, 0.25) is 0 Å². The fraction of sp³-hybridized carbons (Fsp3) is 0.0909. The average molecular weight is 447 g/mol. The number of carbonyl (C=O) groups excluding carboxylic acids is 1. The molecule has 0 aliphatic rings. The zero-order valence-corrected chi connectivity index (χ0v) is 17.9. The van der Waals surface area contributed by atoms with Crippen molar-refractivity contribution in [3.05, 3.63) is 75.2 Å². The standard InChI is InChI=1S/C22H17N5O4S/c1-13-17(11-23)21-25-19-5-3-4-6-20(19)27(21)22(29)18(13)12-24-15-7-9-16(10-8-15)32(30,31)26-14(2)28/h3-10,12,24H,1-2H3,(H,26,28)/b18-12+. The van der Waals surface area contributed by atoms with E-state index < -0.39 is 15.9 Å². The van der Waals surface area contributed by atoms with Crippen LogP contribution in [0, 0.1) is 18.3 Å². The van der Waals surface area contributed by atoms with Crippen LogP contribution in [0.25, 0.3) is 22.9 Å². The predicted octanol–water partition coefficient (Wildman–Crippen LogP) is 1.42. The summed E-state index contributed by atoms with van der Waals surface area (Å²) in [7, 11) is -3.94. The number of aromatic nitrogens is 2. The van der Waals surface area contributed by atoms with Crippen molar-refractivity contribution in [3.63, 3.8) is 0 Å². The highest BCUT2D eigenvalue weighted by Gasteiger charge is 2.17. The number of sulfonamides is 1. The first-order valence-corrected chi connectivity index (χ1v) is 11.0. The molecule has 2 N–H and O–H groups in total. The van der Waals surface area contributed by atoms with Gasteiger partial charge in [-0.05, 0) is 48.9 Å². The summed E-state index contributed by atoms with van der Waals surface area (Å²) < 4.78 is 27.4. The molecule has 160 valence electrons. The van der Waals surface area contributed by atoms with E-state index in [1.165, 1.54) is 34.9 Å². The molecule has 0 spiro atoms. The molecular weight excluding hydrogens is 430 g/mol. The van der Waals surface area contributed by atoms with Crippen molar-refractivity contribution < 1.29 is 13.2 Å². The zero-order valence-electron chi connectivity index (χ0n) is 17.1. The van der Waals surface area contributed by atoms with Gasteiger partial charge in [-0.2, -0.15) is 5.26 Å². The van der Waals surface area contributed by atoms with Crippen LogP contribution in [0.3, 0.4) is 0 Å². The van der Waals surface area contributed by atoms with Crippen molar-refractivity contribution in [2.24, 2.45) is 0 Å². The molecule has 2 aromatic carbocycles. The highest BCUT2D eigenvalue weighted by molar-refractivity contribution is 7.90. The molecule has 0 saturated heterocycles. The summed E-state index contributed by atoms with van der Waals surface area (Å²) >= 11 is 0. The molecule has 0 aliphatic carbocycles. The van der Waals surface area contributed by atoms with Crippen LogP contribution in [0.15, 0.2) is 58.2 Å². The minimum atomic E-state index is -3.94. The number of fused-ring (bicyclic) bond motifs is 3. The molecule has 32 heavy (non-hydrogen) atoms. The number of nitrogens with zero attached hydrogens (tertiary/aromatic N) is 3. The molecule has 0 bridgehead atoms. The maximum atomic E-state index is 13.2. The van der Waals surface area contributed by atoms with E-state index in [9.17, 15) is 23.3 Å². The third-order valence-electron chi connectivity index (χ3n) is 4.93. The van der Waals surface area contributed by atoms with Gasteiger partial charge in [-0.1, -0.05) is 12.1 Å². The van der Waals surface area contributed by atoms with E-state index >= 15 is 0 Å². The van der Waals surface area contributed by atoms with E-state index in [0.29, 0.717) is 33.5 Å². The molecule has 4 rings (SSSR count). The molecule has 10 heteroatoms. The van der Waals surface area contributed by atoms with Gasteiger partial charge >= 0.3 is 0 Å². The van der Waals surface area contributed by atoms with Gasteiger partial charge in [-0.15, -0.1) is 0 Å². The van der Waals surface area contributed by atoms with E-state index in [1.54, 1.807) is 25.1 Å². The molecule has 9 nitrogen and oxygen atoms in total. The Balaban J connectivity index is 1.80. The largest absolute Gasteiger partial charge is 0.361 e. The number of nitriles is 1. The van der Waals surface area contributed by atoms with Gasteiger partial charge in [-0.3, -0.25) is 14.0 Å². The number of amides is 1. The lowest BCUT2D eigenvalue weighted by atomic mass is 10.1. The topological polar surface area (TPSA) is 133 Å². The third-order valence-corrected chi connectivity index (χ3v) is 6.38. The molecular formula is C22H17N5O4S. The van der Waals surface area contributed by atoms with Crippen molar-refractivity contribution in [1.29, 1.82) is 5.26 Å². The second kappa shape index (κ2) is 7.79. The zero-order chi connectivity index (χ0) is 23.0. The van der Waals surface area contributed by atoms with E-state index in [1.807, 2.05) is 10.8 Å². The van der Waals surface area contributed by atoms with Crippen molar-refractivity contribution in [2.75, 3.05) is 5.32 Å². The van der Waals surface area contributed by atoms with Gasteiger partial charge in [0.2, 0.25) is 5.91 Å². The van der Waals surface area contributed by atoms with Crippen LogP contribution >= 0.6 is 0 Å². The molecule has 2 aromatic heterocycles. The van der Waals surface area contributed by atoms with E-state index in [0.717, 1.165) is 6.92 Å². The average Bonchev–Trinajstić information content (AvgIpc) is 3.13. The molecule has 0 fully saturated rings. The Hall–Kier alpha value is -4.23. The van der Waals surface area contributed by atoms with Gasteiger partial charge in [-0.25, -0.2) is 18.1 Å². The Morgan fingerprint density at radius 2 is 1.84 bits per heavy atom. The Bertz CT molecular complexity index is 1650. The second-order valence-electron chi connectivity index (χ2n) is 7.06. The lowest BCUT2D eigenvalue weighted by molar-refractivity contribution is -0.117. The first kappa shape index (κ1) is 21.0. The van der Waals surface area contributed by atoms with Crippen molar-refractivity contribution in [1.82, 2.24) is 14.1 Å². The SMILES string of the molecule is CC(=O)NS(=O)(=O)c1ccc(N/C=c2\c(C)c(C#N)c3nc4ccccc4n3c2=O)cc1. The first-order valence-electron chi connectivity index (χ1n) is 9.47. The van der Waals surface area contributed by atoms with Crippen molar-refractivity contribution in [2.45, 2.75) is 18.7 Å². The lowest BCUT2D eigenvalue weighted by Gasteiger charge is -2.07. The van der Waals surface area contributed by atoms with E-state index in [4.69, 9.17) is 0 Å². The summed E-state index contributed by atoms with van der Waals surface area (Å²) in [6.07, 6.45) is 1.48. The molecule has 0 atom stereocenters. The van der Waals surface area contributed by atoms with Crippen LogP contribution in [0.1, 0.15) is 18.1 Å². The normalized spacial score (nSPS) is 12.1. The van der Waals surface area contributed by atoms with Crippen molar-refractivity contribution in [3.8, 4) is 6.07 Å². The molecule has 0 saturated carbocycles. The van der Waals surface area contributed by atoms with Gasteiger partial charge in [0.25, 0.3) is 15.6 Å². The summed E-state index contributed by atoms with van der Waals surface area (Å²) in [5, 5.41) is 12.9. The molecule has 4 aromatic rings. The van der Waals surface area contributed by atoms with Gasteiger partial charge in [0.05, 0.1) is 26.7 Å². The summed E-state index contributed by atoms with van der Waals surface area (Å²) in [6, 6.07) is 14.9. The Kier molecular flexibility index (Phi) is 5.12. The van der Waals surface area contributed by atoms with E-state index in [-0.39, 0.29) is 15.7 Å². The van der Waals surface area contributed by atoms with Crippen LogP contribution < -0.4 is 20.8 Å². The first-order chi connectivity index (χ1) is 15.2. The van der Waals surface area contributed by atoms with E-state index in [2.05, 4.69) is 16.4 Å². The van der Waals surface area contributed by atoms with Gasteiger partial charge in [0.1, 0.15) is 6.07 Å². The maximum absolute atomic E-state index is 13.2. The highest BCUT2D eigenvalue weighted by atomic mass is 32.2. The minimum absolute atomic E-state index is 0.0722. The summed E-state index contributed by atoms with van der Waals surface area (Å²) in [5.41, 5.74) is 2.49. The molecule has 0 unspecified atom stereocenters. The number of imidazole rings is 1. The van der Waals surface area contributed by atoms with Crippen LogP contribution in [-0.4, -0.2) is 23.7 Å². The number of para-hydroxylation sites is 2. The maximum Gasteiger partial charge on any atom is 0.265 e. The summed E-state index contributed by atoms with van der Waals surface area (Å²) in [5.74, 6) is -0.685. The number of pyridine rings is 1. The number of benzene rings is 2. The molecule has 1 amide bonds. The number of carbonyl (C=O) groups is 1. The fourth-order valence-corrected chi connectivity index (χ4v) is 4.41. The van der Waals surface area contributed by atoms with Gasteiger partial charge in [0, 0.05) is 18.8 Å². The quantitative estimate of drug-likeness (QED) is 0.483. The van der Waals surface area contributed by atoms with Gasteiger partial charge in [0.15, 0.2) is 5.65 Å². The van der Waals surface area contributed by atoms with Crippen LogP contribution in [-0.2, 0) is 14.8 Å². The van der Waals surface area contributed by atoms with Crippen molar-refractivity contribution >= 4 is 44.5 Å². The number of hydrogen-bond acceptors (Lipinski definition) is 7.